The second-order valence-electron chi connectivity index (χ2n) is 7.12. The van der Waals surface area contributed by atoms with Gasteiger partial charge >= 0.3 is 5.97 Å². The Hall–Kier alpha value is -3.89. The zero-order chi connectivity index (χ0) is 22.7. The molecule has 0 bridgehead atoms. The molecule has 2 heterocycles. The second kappa shape index (κ2) is 8.86. The summed E-state index contributed by atoms with van der Waals surface area (Å²) in [4.78, 5) is 51.6. The normalized spacial score (nSPS) is 17.9. The van der Waals surface area contributed by atoms with Crippen molar-refractivity contribution in [3.63, 3.8) is 0 Å². The molecule has 1 aliphatic heterocycles. The Balaban J connectivity index is 2.02. The van der Waals surface area contributed by atoms with E-state index in [2.05, 4.69) is 10.3 Å². The van der Waals surface area contributed by atoms with Gasteiger partial charge in [-0.15, -0.1) is 0 Å². The van der Waals surface area contributed by atoms with Crippen LogP contribution in [0.5, 0.6) is 0 Å². The molecule has 1 saturated heterocycles. The average molecular weight is 430 g/mol. The minimum Gasteiger partial charge on any atom is -0.481 e. The number of carboxylic acid groups (broad SMARTS) is 1. The van der Waals surface area contributed by atoms with Crippen molar-refractivity contribution in [1.29, 1.82) is 0 Å². The van der Waals surface area contributed by atoms with E-state index in [9.17, 15) is 24.5 Å². The van der Waals surface area contributed by atoms with Crippen molar-refractivity contribution in [3.8, 4) is 0 Å². The maximum Gasteiger partial charge on any atom is 0.303 e. The Bertz CT molecular complexity index is 1050. The molecular formula is C20H19FN4O6. The summed E-state index contributed by atoms with van der Waals surface area (Å²) in [6.45, 7) is 1.48. The number of hydrogen-bond acceptors (Lipinski definition) is 6. The van der Waals surface area contributed by atoms with Gasteiger partial charge in [-0.3, -0.25) is 29.5 Å². The first-order chi connectivity index (χ1) is 14.7. The Labute approximate surface area is 175 Å². The van der Waals surface area contributed by atoms with E-state index in [-0.39, 0.29) is 29.9 Å². The second-order valence-corrected chi connectivity index (χ2v) is 7.12. The largest absolute Gasteiger partial charge is 0.481 e. The van der Waals surface area contributed by atoms with Gasteiger partial charge in [0.2, 0.25) is 5.91 Å². The standard InChI is InChI=1S/C20H19FN4O6/c1-11(26)24-7-5-12(8-18(27)28)19(24)13-9-17(25(30)31)16(10-14(13)21)23-20(29)15-4-2-3-6-22-15/h2-4,6,9-10,12,19H,5,7-8H2,1H3,(H,23,29)(H,27,28). The first-order valence-electron chi connectivity index (χ1n) is 9.38. The van der Waals surface area contributed by atoms with Crippen LogP contribution in [0.15, 0.2) is 36.5 Å². The van der Waals surface area contributed by atoms with Gasteiger partial charge < -0.3 is 15.3 Å². The predicted molar refractivity (Wildman–Crippen MR) is 106 cm³/mol. The number of carbonyl (C=O) groups excluding carboxylic acids is 2. The smallest absolute Gasteiger partial charge is 0.303 e. The molecule has 2 aromatic rings. The van der Waals surface area contributed by atoms with Crippen molar-refractivity contribution in [2.45, 2.75) is 25.8 Å². The third kappa shape index (κ3) is 4.65. The SMILES string of the molecule is CC(=O)N1CCC(CC(=O)O)C1c1cc([N+](=O)[O-])c(NC(=O)c2ccccn2)cc1F. The van der Waals surface area contributed by atoms with Crippen LogP contribution in [-0.2, 0) is 9.59 Å². The van der Waals surface area contributed by atoms with E-state index >= 15 is 4.39 Å². The van der Waals surface area contributed by atoms with Gasteiger partial charge in [0.15, 0.2) is 0 Å². The van der Waals surface area contributed by atoms with Crippen LogP contribution in [0.3, 0.4) is 0 Å². The number of halogens is 1. The first-order valence-corrected chi connectivity index (χ1v) is 9.38. The topological polar surface area (TPSA) is 143 Å². The van der Waals surface area contributed by atoms with Crippen molar-refractivity contribution >= 4 is 29.2 Å². The summed E-state index contributed by atoms with van der Waals surface area (Å²) in [6, 6.07) is 5.33. The molecule has 0 aliphatic carbocycles. The van der Waals surface area contributed by atoms with Crippen LogP contribution in [0.1, 0.15) is 41.9 Å². The number of carboxylic acids is 1. The van der Waals surface area contributed by atoms with Gasteiger partial charge in [0.1, 0.15) is 17.2 Å². The predicted octanol–water partition coefficient (Wildman–Crippen LogP) is 2.77. The Morgan fingerprint density at radius 1 is 1.35 bits per heavy atom. The maximum absolute atomic E-state index is 15.1. The number of anilines is 1. The monoisotopic (exact) mass is 430 g/mol. The molecule has 1 aliphatic rings. The van der Waals surface area contributed by atoms with Gasteiger partial charge in [0, 0.05) is 37.4 Å². The number of nitrogens with zero attached hydrogens (tertiary/aromatic N) is 3. The summed E-state index contributed by atoms with van der Waals surface area (Å²) in [5.41, 5.74) is -1.13. The summed E-state index contributed by atoms with van der Waals surface area (Å²) in [6.07, 6.45) is 1.37. The van der Waals surface area contributed by atoms with Crippen LogP contribution in [-0.4, -0.2) is 44.2 Å². The number of carbonyl (C=O) groups is 3. The van der Waals surface area contributed by atoms with Crippen LogP contribution >= 0.6 is 0 Å². The van der Waals surface area contributed by atoms with Crippen LogP contribution < -0.4 is 5.32 Å². The van der Waals surface area contributed by atoms with Gasteiger partial charge in [-0.25, -0.2) is 4.39 Å². The number of aliphatic carboxylic acids is 1. The van der Waals surface area contributed by atoms with Crippen molar-refractivity contribution in [1.82, 2.24) is 9.88 Å². The number of rotatable bonds is 6. The van der Waals surface area contributed by atoms with E-state index in [0.717, 1.165) is 12.1 Å². The number of nitro groups is 1. The highest BCUT2D eigenvalue weighted by Crippen LogP contribution is 2.42. The van der Waals surface area contributed by atoms with E-state index in [1.54, 1.807) is 12.1 Å². The zero-order valence-electron chi connectivity index (χ0n) is 16.4. The lowest BCUT2D eigenvalue weighted by molar-refractivity contribution is -0.384. The quantitative estimate of drug-likeness (QED) is 0.530. The minimum absolute atomic E-state index is 0.0126. The molecule has 1 fully saturated rings. The molecule has 1 aromatic carbocycles. The molecule has 31 heavy (non-hydrogen) atoms. The fourth-order valence-corrected chi connectivity index (χ4v) is 3.81. The summed E-state index contributed by atoms with van der Waals surface area (Å²) in [5.74, 6) is -3.77. The number of hydrogen-bond donors (Lipinski definition) is 2. The number of nitro benzene ring substituents is 1. The van der Waals surface area contributed by atoms with Crippen molar-refractivity contribution in [3.05, 3.63) is 63.7 Å². The molecule has 1 aromatic heterocycles. The van der Waals surface area contributed by atoms with Crippen LogP contribution in [0.4, 0.5) is 15.8 Å². The van der Waals surface area contributed by atoms with E-state index in [1.807, 2.05) is 0 Å². The van der Waals surface area contributed by atoms with Gasteiger partial charge in [0.05, 0.1) is 17.4 Å². The van der Waals surface area contributed by atoms with Gasteiger partial charge in [-0.1, -0.05) is 6.07 Å². The molecule has 10 nitrogen and oxygen atoms in total. The fraction of sp³-hybridized carbons (Fsp3) is 0.300. The average Bonchev–Trinajstić information content (AvgIpc) is 3.11. The number of aromatic nitrogens is 1. The number of likely N-dealkylation sites (tertiary alicyclic amines) is 1. The molecule has 0 saturated carbocycles. The number of pyridine rings is 1. The van der Waals surface area contributed by atoms with Crippen molar-refractivity contribution < 1.29 is 28.8 Å². The highest BCUT2D eigenvalue weighted by molar-refractivity contribution is 6.04. The molecule has 2 unspecified atom stereocenters. The summed E-state index contributed by atoms with van der Waals surface area (Å²) in [5, 5.41) is 23.1. The van der Waals surface area contributed by atoms with E-state index in [1.165, 1.54) is 24.1 Å². The fourth-order valence-electron chi connectivity index (χ4n) is 3.81. The Morgan fingerprint density at radius 3 is 2.68 bits per heavy atom. The summed E-state index contributed by atoms with van der Waals surface area (Å²) < 4.78 is 15.1. The van der Waals surface area contributed by atoms with Crippen LogP contribution in [0.2, 0.25) is 0 Å². The molecule has 11 heteroatoms. The summed E-state index contributed by atoms with van der Waals surface area (Å²) >= 11 is 0. The third-order valence-corrected chi connectivity index (χ3v) is 5.14. The molecule has 162 valence electrons. The van der Waals surface area contributed by atoms with E-state index in [4.69, 9.17) is 5.11 Å². The summed E-state index contributed by atoms with van der Waals surface area (Å²) in [7, 11) is 0. The lowest BCUT2D eigenvalue weighted by Crippen LogP contribution is -2.31. The highest BCUT2D eigenvalue weighted by Gasteiger charge is 2.40. The number of amides is 2. The Morgan fingerprint density at radius 2 is 2.10 bits per heavy atom. The minimum atomic E-state index is -1.12. The van der Waals surface area contributed by atoms with E-state index < -0.39 is 46.2 Å². The zero-order valence-corrected chi connectivity index (χ0v) is 16.4. The van der Waals surface area contributed by atoms with E-state index in [0.29, 0.717) is 6.42 Å². The molecule has 0 radical (unpaired) electrons. The molecule has 2 amide bonds. The molecule has 3 rings (SSSR count). The van der Waals surface area contributed by atoms with Crippen LogP contribution in [0, 0.1) is 21.8 Å². The van der Waals surface area contributed by atoms with Crippen LogP contribution in [0.25, 0.3) is 0 Å². The first kappa shape index (κ1) is 21.8. The van der Waals surface area contributed by atoms with Crippen molar-refractivity contribution in [2.24, 2.45) is 5.92 Å². The lowest BCUT2D eigenvalue weighted by atomic mass is 9.90. The van der Waals surface area contributed by atoms with Gasteiger partial charge in [-0.05, 0) is 24.5 Å². The Kier molecular flexibility index (Phi) is 6.23. The number of nitrogens with one attached hydrogen (secondary N) is 1. The third-order valence-electron chi connectivity index (χ3n) is 5.14. The maximum atomic E-state index is 15.1. The molecule has 2 N–H and O–H groups in total. The highest BCUT2D eigenvalue weighted by atomic mass is 19.1. The number of benzene rings is 1. The lowest BCUT2D eigenvalue weighted by Gasteiger charge is -2.28. The van der Waals surface area contributed by atoms with Gasteiger partial charge in [-0.2, -0.15) is 0 Å². The molecule has 0 spiro atoms. The molecule has 2 atom stereocenters. The van der Waals surface area contributed by atoms with Crippen molar-refractivity contribution in [2.75, 3.05) is 11.9 Å². The molecular weight excluding hydrogens is 411 g/mol. The van der Waals surface area contributed by atoms with Gasteiger partial charge in [0.25, 0.3) is 11.6 Å².